The van der Waals surface area contributed by atoms with Crippen molar-refractivity contribution in [2.75, 3.05) is 25.0 Å². The number of imide groups is 1. The van der Waals surface area contributed by atoms with Crippen molar-refractivity contribution in [3.63, 3.8) is 0 Å². The van der Waals surface area contributed by atoms with Crippen LogP contribution in [0.4, 0.5) is 10.5 Å². The fourth-order valence-corrected chi connectivity index (χ4v) is 4.25. The molecule has 1 heterocycles. The van der Waals surface area contributed by atoms with Crippen molar-refractivity contribution in [1.82, 2.24) is 10.6 Å². The Balaban J connectivity index is 1.11. The first-order chi connectivity index (χ1) is 17.5. The Labute approximate surface area is 214 Å². The summed E-state index contributed by atoms with van der Waals surface area (Å²) in [6.07, 6.45) is 0.134. The van der Waals surface area contributed by atoms with E-state index in [1.54, 1.807) is 0 Å². The smallest absolute Gasteiger partial charge is 0.288 e. The molecule has 1 fully saturated rings. The zero-order chi connectivity index (χ0) is 25.2. The van der Waals surface area contributed by atoms with E-state index < -0.39 is 11.5 Å². The van der Waals surface area contributed by atoms with E-state index in [0.717, 1.165) is 35.0 Å². The number of hydrogen-bond donors (Lipinski definition) is 4. The molecule has 8 nitrogen and oxygen atoms in total. The second kappa shape index (κ2) is 13.0. The minimum absolute atomic E-state index is 0.171. The van der Waals surface area contributed by atoms with Crippen molar-refractivity contribution in [2.24, 2.45) is 0 Å². The summed E-state index contributed by atoms with van der Waals surface area (Å²) in [7, 11) is 0. The molecule has 0 radical (unpaired) electrons. The van der Waals surface area contributed by atoms with Gasteiger partial charge in [-0.3, -0.25) is 14.9 Å². The monoisotopic (exact) mass is 507 g/mol. The van der Waals surface area contributed by atoms with E-state index in [0.29, 0.717) is 31.2 Å². The van der Waals surface area contributed by atoms with Gasteiger partial charge in [-0.15, -0.1) is 0 Å². The molecule has 36 heavy (non-hydrogen) atoms. The summed E-state index contributed by atoms with van der Waals surface area (Å²) in [4.78, 5) is 22.9. The van der Waals surface area contributed by atoms with E-state index in [4.69, 9.17) is 9.47 Å². The van der Waals surface area contributed by atoms with Crippen molar-refractivity contribution in [3.8, 4) is 11.5 Å². The first-order valence-corrected chi connectivity index (χ1v) is 12.6. The molecular weight excluding hydrogens is 478 g/mol. The van der Waals surface area contributed by atoms with Crippen LogP contribution >= 0.6 is 11.8 Å². The third kappa shape index (κ3) is 8.01. The summed E-state index contributed by atoms with van der Waals surface area (Å²) >= 11 is 0.936. The molecule has 2 amide bonds. The molecule has 1 aliphatic rings. The van der Waals surface area contributed by atoms with Gasteiger partial charge in [0, 0.05) is 18.3 Å². The molecule has 188 valence electrons. The number of rotatable bonds is 13. The Morgan fingerprint density at radius 3 is 2.39 bits per heavy atom. The first kappa shape index (κ1) is 25.6. The molecule has 0 spiro atoms. The molecule has 3 aromatic rings. The predicted molar refractivity (Wildman–Crippen MR) is 140 cm³/mol. The number of ether oxygens (including phenoxy) is 2. The molecule has 0 aliphatic carbocycles. The summed E-state index contributed by atoms with van der Waals surface area (Å²) in [6.45, 7) is 1.76. The largest absolute Gasteiger partial charge is 0.491 e. The molecular formula is C27H29N3O5S. The van der Waals surface area contributed by atoms with Crippen LogP contribution in [0, 0.1) is 0 Å². The fraction of sp³-hybridized carbons (Fsp3) is 0.259. The molecule has 0 bridgehead atoms. The van der Waals surface area contributed by atoms with Crippen molar-refractivity contribution in [1.29, 1.82) is 0 Å². The summed E-state index contributed by atoms with van der Waals surface area (Å²) in [5.41, 5.74) is 2.98. The highest BCUT2D eigenvalue weighted by molar-refractivity contribution is 8.15. The highest BCUT2D eigenvalue weighted by atomic mass is 32.2. The molecule has 9 heteroatoms. The van der Waals surface area contributed by atoms with Gasteiger partial charge >= 0.3 is 0 Å². The second-order valence-electron chi connectivity index (χ2n) is 8.28. The van der Waals surface area contributed by atoms with Crippen LogP contribution in [0.2, 0.25) is 0 Å². The number of carbonyl (C=O) groups excluding carboxylic acids is 2. The SMILES string of the molecule is O=C1NC(=O)C(Nc2ccc(CCNCC(O)COc3cccc(OCc4ccccc4)c3)cc2)S1. The lowest BCUT2D eigenvalue weighted by Crippen LogP contribution is -2.32. The van der Waals surface area contributed by atoms with Gasteiger partial charge in [0.1, 0.15) is 30.8 Å². The van der Waals surface area contributed by atoms with Crippen LogP contribution in [0.25, 0.3) is 0 Å². The van der Waals surface area contributed by atoms with Crippen molar-refractivity contribution < 1.29 is 24.2 Å². The average Bonchev–Trinajstić information content (AvgIpc) is 3.22. The lowest BCUT2D eigenvalue weighted by atomic mass is 10.1. The van der Waals surface area contributed by atoms with Crippen LogP contribution in [0.3, 0.4) is 0 Å². The second-order valence-corrected chi connectivity index (χ2v) is 9.36. The zero-order valence-corrected chi connectivity index (χ0v) is 20.5. The molecule has 2 unspecified atom stereocenters. The number of carbonyl (C=O) groups is 2. The topological polar surface area (TPSA) is 109 Å². The van der Waals surface area contributed by atoms with E-state index in [9.17, 15) is 14.7 Å². The minimum atomic E-state index is -0.650. The Morgan fingerprint density at radius 2 is 1.67 bits per heavy atom. The van der Waals surface area contributed by atoms with Gasteiger partial charge in [0.25, 0.3) is 11.1 Å². The molecule has 0 saturated carbocycles. The van der Waals surface area contributed by atoms with Gasteiger partial charge in [-0.25, -0.2) is 0 Å². The molecule has 4 rings (SSSR count). The normalized spacial score (nSPS) is 15.9. The summed E-state index contributed by atoms with van der Waals surface area (Å²) < 4.78 is 11.5. The Morgan fingerprint density at radius 1 is 0.917 bits per heavy atom. The molecule has 2 atom stereocenters. The molecule has 1 aliphatic heterocycles. The maximum Gasteiger partial charge on any atom is 0.288 e. The average molecular weight is 508 g/mol. The number of amides is 2. The van der Waals surface area contributed by atoms with E-state index >= 15 is 0 Å². The summed E-state index contributed by atoms with van der Waals surface area (Å²) in [6, 6.07) is 25.0. The molecule has 3 aromatic carbocycles. The highest BCUT2D eigenvalue weighted by Crippen LogP contribution is 2.22. The third-order valence-electron chi connectivity index (χ3n) is 5.41. The van der Waals surface area contributed by atoms with Crippen LogP contribution in [0.5, 0.6) is 11.5 Å². The van der Waals surface area contributed by atoms with Gasteiger partial charge in [0.15, 0.2) is 5.37 Å². The number of benzene rings is 3. The molecule has 1 saturated heterocycles. The first-order valence-electron chi connectivity index (χ1n) is 11.7. The number of aliphatic hydroxyl groups excluding tert-OH is 1. The Bertz CT molecular complexity index is 1140. The van der Waals surface area contributed by atoms with Crippen molar-refractivity contribution in [3.05, 3.63) is 90.0 Å². The van der Waals surface area contributed by atoms with Crippen LogP contribution < -0.4 is 25.4 Å². The Kier molecular flexibility index (Phi) is 9.21. The van der Waals surface area contributed by atoms with Crippen LogP contribution in [0.1, 0.15) is 11.1 Å². The standard InChI is InChI=1S/C27H29N3O5S/c31-22(18-35-24-8-4-7-23(15-24)34-17-20-5-2-1-3-6-20)16-28-14-13-19-9-11-21(12-10-19)29-26-25(32)30-27(33)36-26/h1-12,15,22,26,28-29,31H,13-14,16-18H2,(H,30,32,33). The van der Waals surface area contributed by atoms with E-state index in [1.807, 2.05) is 78.9 Å². The van der Waals surface area contributed by atoms with Gasteiger partial charge in [-0.05, 0) is 60.1 Å². The number of anilines is 1. The van der Waals surface area contributed by atoms with E-state index in [2.05, 4.69) is 16.0 Å². The summed E-state index contributed by atoms with van der Waals surface area (Å²) in [5, 5.41) is 17.8. The maximum absolute atomic E-state index is 11.6. The third-order valence-corrected chi connectivity index (χ3v) is 6.29. The van der Waals surface area contributed by atoms with Crippen LogP contribution in [-0.2, 0) is 17.8 Å². The van der Waals surface area contributed by atoms with Gasteiger partial charge in [0.05, 0.1) is 0 Å². The number of hydrogen-bond acceptors (Lipinski definition) is 8. The summed E-state index contributed by atoms with van der Waals surface area (Å²) in [5.74, 6) is 1.03. The van der Waals surface area contributed by atoms with Crippen LogP contribution in [0.15, 0.2) is 78.9 Å². The van der Waals surface area contributed by atoms with E-state index in [-0.39, 0.29) is 17.8 Å². The number of thioether (sulfide) groups is 1. The maximum atomic E-state index is 11.6. The van der Waals surface area contributed by atoms with Crippen molar-refractivity contribution in [2.45, 2.75) is 24.5 Å². The molecule has 0 aromatic heterocycles. The Hall–Kier alpha value is -3.53. The van der Waals surface area contributed by atoms with Gasteiger partial charge in [-0.1, -0.05) is 48.5 Å². The van der Waals surface area contributed by atoms with Gasteiger partial charge in [-0.2, -0.15) is 0 Å². The molecule has 4 N–H and O–H groups in total. The lowest BCUT2D eigenvalue weighted by molar-refractivity contribution is -0.118. The van der Waals surface area contributed by atoms with E-state index in [1.165, 1.54) is 0 Å². The van der Waals surface area contributed by atoms with Crippen molar-refractivity contribution >= 4 is 28.6 Å². The van der Waals surface area contributed by atoms with Gasteiger partial charge in [0.2, 0.25) is 0 Å². The van der Waals surface area contributed by atoms with Gasteiger partial charge < -0.3 is 25.2 Å². The lowest BCUT2D eigenvalue weighted by Gasteiger charge is -2.14. The highest BCUT2D eigenvalue weighted by Gasteiger charge is 2.31. The minimum Gasteiger partial charge on any atom is -0.491 e. The quantitative estimate of drug-likeness (QED) is 0.260. The van der Waals surface area contributed by atoms with Crippen LogP contribution in [-0.4, -0.2) is 47.4 Å². The number of nitrogens with one attached hydrogen (secondary N) is 3. The zero-order valence-electron chi connectivity index (χ0n) is 19.7. The fourth-order valence-electron chi connectivity index (χ4n) is 3.52. The number of aliphatic hydroxyl groups is 1. The predicted octanol–water partition coefficient (Wildman–Crippen LogP) is 3.56.